The zero-order valence-corrected chi connectivity index (χ0v) is 27.3. The maximum atomic E-state index is 12.7. The van der Waals surface area contributed by atoms with E-state index in [1.807, 2.05) is 37.3 Å². The smallest absolute Gasteiger partial charge is 0.293 e. The van der Waals surface area contributed by atoms with Crippen molar-refractivity contribution < 1.29 is 29.5 Å². The van der Waals surface area contributed by atoms with Gasteiger partial charge in [0.2, 0.25) is 5.13 Å². The van der Waals surface area contributed by atoms with Gasteiger partial charge in [0.05, 0.1) is 21.3 Å². The number of carbonyl (C=O) groups is 2. The van der Waals surface area contributed by atoms with E-state index in [4.69, 9.17) is 14.7 Å². The van der Waals surface area contributed by atoms with Gasteiger partial charge < -0.3 is 9.47 Å². The van der Waals surface area contributed by atoms with E-state index in [2.05, 4.69) is 11.1 Å². The highest BCUT2D eigenvalue weighted by atomic mass is 32.1. The molecule has 3 aromatic carbocycles. The number of anilines is 1. The normalized spacial score (nSPS) is 14.0. The first-order valence-electron chi connectivity index (χ1n) is 15.3. The van der Waals surface area contributed by atoms with E-state index < -0.39 is 24.0 Å². The van der Waals surface area contributed by atoms with Crippen LogP contribution in [0.15, 0.2) is 66.7 Å². The SMILES string of the molecule is CCC(Oc1cc(C)ccc1C#N)C(=O)N(O)c1nc2ccccc2s1.CN(O)C(=O)C(Oc1ccccc1C#N)C1CCCCC1. The van der Waals surface area contributed by atoms with Gasteiger partial charge in [-0.15, -0.1) is 0 Å². The summed E-state index contributed by atoms with van der Waals surface area (Å²) in [5.74, 6) is -0.296. The highest BCUT2D eigenvalue weighted by molar-refractivity contribution is 7.22. The number of fused-ring (bicyclic) bond motifs is 1. The fraction of sp³-hybridized carbons (Fsp3) is 0.343. The Bertz CT molecular complexity index is 1740. The predicted octanol–water partition coefficient (Wildman–Crippen LogP) is 6.79. The lowest BCUT2D eigenvalue weighted by Gasteiger charge is -2.30. The Morgan fingerprint density at radius 3 is 2.26 bits per heavy atom. The summed E-state index contributed by atoms with van der Waals surface area (Å²) < 4.78 is 12.4. The van der Waals surface area contributed by atoms with Crippen molar-refractivity contribution in [2.24, 2.45) is 5.92 Å². The molecule has 1 heterocycles. The maximum Gasteiger partial charge on any atom is 0.293 e. The molecule has 47 heavy (non-hydrogen) atoms. The van der Waals surface area contributed by atoms with Crippen LogP contribution in [0.2, 0.25) is 0 Å². The first-order chi connectivity index (χ1) is 22.7. The molecule has 0 aliphatic heterocycles. The number of hydrogen-bond donors (Lipinski definition) is 2. The number of rotatable bonds is 9. The van der Waals surface area contributed by atoms with E-state index >= 15 is 0 Å². The van der Waals surface area contributed by atoms with Crippen molar-refractivity contribution in [3.8, 4) is 23.6 Å². The van der Waals surface area contributed by atoms with Crippen LogP contribution >= 0.6 is 11.3 Å². The Hall–Kier alpha value is -5.01. The zero-order valence-electron chi connectivity index (χ0n) is 26.5. The number of thiazole rings is 1. The molecule has 1 aromatic heterocycles. The van der Waals surface area contributed by atoms with Crippen molar-refractivity contribution in [2.45, 2.75) is 64.6 Å². The van der Waals surface area contributed by atoms with Gasteiger partial charge in [0.1, 0.15) is 23.6 Å². The van der Waals surface area contributed by atoms with Crippen LogP contribution in [0.1, 0.15) is 62.1 Å². The van der Waals surface area contributed by atoms with Gasteiger partial charge in [-0.2, -0.15) is 15.6 Å². The molecule has 11 nitrogen and oxygen atoms in total. The number of para-hydroxylation sites is 2. The molecular formula is C35H37N5O6S. The van der Waals surface area contributed by atoms with Crippen molar-refractivity contribution in [1.29, 1.82) is 10.5 Å². The molecule has 1 saturated carbocycles. The van der Waals surface area contributed by atoms with E-state index in [1.54, 1.807) is 49.4 Å². The molecule has 1 aliphatic carbocycles. The van der Waals surface area contributed by atoms with E-state index in [0.29, 0.717) is 44.7 Å². The number of nitrogens with zero attached hydrogens (tertiary/aromatic N) is 5. The molecular weight excluding hydrogens is 618 g/mol. The second-order valence-electron chi connectivity index (χ2n) is 11.1. The highest BCUT2D eigenvalue weighted by Crippen LogP contribution is 2.31. The Labute approximate surface area is 277 Å². The molecule has 0 radical (unpaired) electrons. The minimum Gasteiger partial charge on any atom is -0.479 e. The molecule has 2 N–H and O–H groups in total. The van der Waals surface area contributed by atoms with Gasteiger partial charge in [0.25, 0.3) is 11.8 Å². The van der Waals surface area contributed by atoms with Gasteiger partial charge >= 0.3 is 0 Å². The van der Waals surface area contributed by atoms with Crippen LogP contribution < -0.4 is 14.5 Å². The summed E-state index contributed by atoms with van der Waals surface area (Å²) in [6.45, 7) is 3.65. The minimum atomic E-state index is -0.930. The van der Waals surface area contributed by atoms with Crippen LogP contribution in [-0.4, -0.2) is 51.5 Å². The summed E-state index contributed by atoms with van der Waals surface area (Å²) in [4.78, 5) is 29.2. The molecule has 0 bridgehead atoms. The number of hydrogen-bond acceptors (Lipinski definition) is 10. The lowest BCUT2D eigenvalue weighted by Crippen LogP contribution is -2.43. The quantitative estimate of drug-likeness (QED) is 0.146. The molecule has 4 aromatic rings. The largest absolute Gasteiger partial charge is 0.479 e. The molecule has 0 saturated heterocycles. The first-order valence-corrected chi connectivity index (χ1v) is 16.2. The van der Waals surface area contributed by atoms with Crippen molar-refractivity contribution in [3.63, 3.8) is 0 Å². The van der Waals surface area contributed by atoms with Gasteiger partial charge in [0, 0.05) is 13.0 Å². The van der Waals surface area contributed by atoms with Gasteiger partial charge in [-0.25, -0.2) is 10.0 Å². The molecule has 5 rings (SSSR count). The van der Waals surface area contributed by atoms with Crippen LogP contribution in [0.25, 0.3) is 10.2 Å². The number of likely N-dealkylation sites (N-methyl/N-ethyl adjacent to an activating group) is 1. The summed E-state index contributed by atoms with van der Waals surface area (Å²) in [5, 5.41) is 39.4. The standard InChI is InChI=1S/C19H17N3O3S.C16H20N2O3/c1-3-15(25-16-10-12(2)8-9-13(16)11-20)18(23)22(24)19-21-14-6-4-5-7-17(14)26-19;1-18(20)16(19)15(12-7-3-2-4-8-12)21-14-10-6-5-9-13(14)11-17/h4-10,15,24H,3H2,1-2H3;5-6,9-10,12,15,20H,2-4,7-8H2,1H3. The lowest BCUT2D eigenvalue weighted by atomic mass is 9.84. The Morgan fingerprint density at radius 1 is 0.936 bits per heavy atom. The number of nitriles is 2. The van der Waals surface area contributed by atoms with Crippen LogP contribution in [0.3, 0.4) is 0 Å². The Kier molecular flexibility index (Phi) is 12.3. The molecule has 2 unspecified atom stereocenters. The fourth-order valence-corrected chi connectivity index (χ4v) is 6.11. The van der Waals surface area contributed by atoms with Crippen LogP contribution in [-0.2, 0) is 9.59 Å². The third-order valence-electron chi connectivity index (χ3n) is 7.75. The van der Waals surface area contributed by atoms with Crippen LogP contribution in [0.5, 0.6) is 11.5 Å². The first kappa shape index (κ1) is 34.9. The Balaban J connectivity index is 0.000000218. The monoisotopic (exact) mass is 655 g/mol. The van der Waals surface area contributed by atoms with Crippen molar-refractivity contribution in [3.05, 3.63) is 83.4 Å². The lowest BCUT2D eigenvalue weighted by molar-refractivity contribution is -0.170. The van der Waals surface area contributed by atoms with Crippen molar-refractivity contribution in [1.82, 2.24) is 10.0 Å². The molecule has 1 aliphatic rings. The third kappa shape index (κ3) is 8.83. The average Bonchev–Trinajstić information content (AvgIpc) is 3.54. The second kappa shape index (κ2) is 16.5. The fourth-order valence-electron chi connectivity index (χ4n) is 5.23. The number of amides is 2. The summed E-state index contributed by atoms with van der Waals surface area (Å²) >= 11 is 1.21. The van der Waals surface area contributed by atoms with Gasteiger partial charge in [-0.05, 0) is 68.1 Å². The second-order valence-corrected chi connectivity index (χ2v) is 12.2. The number of hydroxylamine groups is 3. The Morgan fingerprint density at radius 2 is 1.60 bits per heavy atom. The predicted molar refractivity (Wildman–Crippen MR) is 176 cm³/mol. The molecule has 12 heteroatoms. The summed E-state index contributed by atoms with van der Waals surface area (Å²) in [6, 6.07) is 23.5. The molecule has 0 spiro atoms. The zero-order chi connectivity index (χ0) is 33.9. The van der Waals surface area contributed by atoms with Crippen molar-refractivity contribution in [2.75, 3.05) is 12.1 Å². The molecule has 244 valence electrons. The number of aryl methyl sites for hydroxylation is 1. The van der Waals surface area contributed by atoms with Crippen molar-refractivity contribution >= 4 is 38.5 Å². The number of ether oxygens (including phenoxy) is 2. The number of carbonyl (C=O) groups excluding carboxylic acids is 2. The third-order valence-corrected chi connectivity index (χ3v) is 8.76. The minimum absolute atomic E-state index is 0.0765. The maximum absolute atomic E-state index is 12.7. The average molecular weight is 656 g/mol. The van der Waals surface area contributed by atoms with Gasteiger partial charge in [0.15, 0.2) is 12.2 Å². The van der Waals surface area contributed by atoms with Crippen LogP contribution in [0.4, 0.5) is 5.13 Å². The summed E-state index contributed by atoms with van der Waals surface area (Å²) in [6.07, 6.45) is 3.76. The topological polar surface area (TPSA) is 160 Å². The summed E-state index contributed by atoms with van der Waals surface area (Å²) in [5.41, 5.74) is 2.35. The highest BCUT2D eigenvalue weighted by Gasteiger charge is 2.34. The van der Waals surface area contributed by atoms with Gasteiger partial charge in [-0.1, -0.05) is 67.9 Å². The number of aromatic nitrogens is 1. The molecule has 1 fully saturated rings. The van der Waals surface area contributed by atoms with E-state index in [-0.39, 0.29) is 11.0 Å². The summed E-state index contributed by atoms with van der Waals surface area (Å²) in [7, 11) is 1.30. The van der Waals surface area contributed by atoms with E-state index in [9.17, 15) is 25.3 Å². The number of benzene rings is 3. The van der Waals surface area contributed by atoms with E-state index in [0.717, 1.165) is 35.9 Å². The van der Waals surface area contributed by atoms with Crippen LogP contribution in [0, 0.1) is 35.5 Å². The molecule has 2 amide bonds. The molecule has 2 atom stereocenters. The van der Waals surface area contributed by atoms with E-state index in [1.165, 1.54) is 24.8 Å². The van der Waals surface area contributed by atoms with Gasteiger partial charge in [-0.3, -0.25) is 20.0 Å².